The molecule has 0 saturated carbocycles. The number of methoxy groups -OCH3 is 1. The lowest BCUT2D eigenvalue weighted by Gasteiger charge is -2.09. The Kier molecular flexibility index (Phi) is 6.21. The van der Waals surface area contributed by atoms with Gasteiger partial charge in [0.25, 0.3) is 5.69 Å². The molecule has 0 atom stereocenters. The van der Waals surface area contributed by atoms with Crippen molar-refractivity contribution in [2.45, 2.75) is 13.5 Å². The molecule has 0 aliphatic carbocycles. The average Bonchev–Trinajstić information content (AvgIpc) is 2.64. The molecule has 0 aromatic heterocycles. The van der Waals surface area contributed by atoms with Crippen molar-refractivity contribution in [1.29, 1.82) is 0 Å². The van der Waals surface area contributed by atoms with Crippen molar-refractivity contribution in [3.8, 4) is 5.75 Å². The van der Waals surface area contributed by atoms with E-state index in [1.807, 2.05) is 0 Å². The SMILES string of the molecule is COc1ccc(C(C)=O)cc1COC(=O)C=Cc1ccccc1[N+](=O)[O-]. The average molecular weight is 355 g/mol. The van der Waals surface area contributed by atoms with Crippen molar-refractivity contribution in [3.05, 3.63) is 75.3 Å². The molecular weight excluding hydrogens is 338 g/mol. The summed E-state index contributed by atoms with van der Waals surface area (Å²) in [7, 11) is 1.47. The van der Waals surface area contributed by atoms with Crippen LogP contribution in [0.4, 0.5) is 5.69 Å². The van der Waals surface area contributed by atoms with Crippen LogP contribution in [0.3, 0.4) is 0 Å². The van der Waals surface area contributed by atoms with E-state index in [1.165, 1.54) is 32.2 Å². The predicted octanol–water partition coefficient (Wildman–Crippen LogP) is 3.56. The van der Waals surface area contributed by atoms with Gasteiger partial charge in [0, 0.05) is 23.3 Å². The van der Waals surface area contributed by atoms with Crippen molar-refractivity contribution in [2.75, 3.05) is 7.11 Å². The predicted molar refractivity (Wildman–Crippen MR) is 94.9 cm³/mol. The number of nitro groups is 1. The number of nitrogens with zero attached hydrogens (tertiary/aromatic N) is 1. The summed E-state index contributed by atoms with van der Waals surface area (Å²) in [6.07, 6.45) is 2.44. The maximum atomic E-state index is 11.9. The lowest BCUT2D eigenvalue weighted by atomic mass is 10.1. The van der Waals surface area contributed by atoms with Gasteiger partial charge in [0.1, 0.15) is 12.4 Å². The molecule has 2 aromatic rings. The fraction of sp³-hybridized carbons (Fsp3) is 0.158. The Morgan fingerprint density at radius 3 is 2.58 bits per heavy atom. The number of ether oxygens (including phenoxy) is 2. The topological polar surface area (TPSA) is 95.7 Å². The Morgan fingerprint density at radius 1 is 1.19 bits per heavy atom. The number of rotatable bonds is 7. The number of para-hydroxylation sites is 1. The summed E-state index contributed by atoms with van der Waals surface area (Å²) >= 11 is 0. The third-order valence-corrected chi connectivity index (χ3v) is 3.59. The lowest BCUT2D eigenvalue weighted by Crippen LogP contribution is -2.04. The molecule has 7 nitrogen and oxygen atoms in total. The van der Waals surface area contributed by atoms with Crippen molar-refractivity contribution in [2.24, 2.45) is 0 Å². The van der Waals surface area contributed by atoms with Gasteiger partial charge in [0.2, 0.25) is 0 Å². The second-order valence-electron chi connectivity index (χ2n) is 5.34. The molecule has 0 heterocycles. The van der Waals surface area contributed by atoms with Gasteiger partial charge in [0.15, 0.2) is 5.78 Å². The number of hydrogen-bond acceptors (Lipinski definition) is 6. The molecule has 0 radical (unpaired) electrons. The summed E-state index contributed by atoms with van der Waals surface area (Å²) in [4.78, 5) is 33.8. The Bertz CT molecular complexity index is 872. The van der Waals surface area contributed by atoms with Crippen molar-refractivity contribution < 1.29 is 24.0 Å². The van der Waals surface area contributed by atoms with Crippen LogP contribution in [-0.4, -0.2) is 23.8 Å². The van der Waals surface area contributed by atoms with Gasteiger partial charge >= 0.3 is 5.97 Å². The normalized spacial score (nSPS) is 10.5. The minimum Gasteiger partial charge on any atom is -0.496 e. The van der Waals surface area contributed by atoms with E-state index in [2.05, 4.69) is 0 Å². The van der Waals surface area contributed by atoms with E-state index >= 15 is 0 Å². The standard InChI is InChI=1S/C19H17NO6/c1-13(21)15-7-9-18(25-2)16(11-15)12-26-19(22)10-8-14-5-3-4-6-17(14)20(23)24/h3-11H,12H2,1-2H3. The zero-order valence-corrected chi connectivity index (χ0v) is 14.3. The molecule has 0 amide bonds. The highest BCUT2D eigenvalue weighted by Gasteiger charge is 2.11. The Balaban J connectivity index is 2.09. The highest BCUT2D eigenvalue weighted by atomic mass is 16.6. The maximum Gasteiger partial charge on any atom is 0.331 e. The van der Waals surface area contributed by atoms with Gasteiger partial charge in [-0.15, -0.1) is 0 Å². The van der Waals surface area contributed by atoms with Gasteiger partial charge in [-0.1, -0.05) is 12.1 Å². The Hall–Kier alpha value is -3.48. The monoisotopic (exact) mass is 355 g/mol. The molecule has 2 aromatic carbocycles. The first kappa shape index (κ1) is 18.9. The van der Waals surface area contributed by atoms with Crippen LogP contribution in [0, 0.1) is 10.1 Å². The van der Waals surface area contributed by atoms with Crippen LogP contribution in [-0.2, 0) is 16.1 Å². The smallest absolute Gasteiger partial charge is 0.331 e. The number of hydrogen-bond donors (Lipinski definition) is 0. The first-order valence-corrected chi connectivity index (χ1v) is 7.68. The highest BCUT2D eigenvalue weighted by Crippen LogP contribution is 2.22. The van der Waals surface area contributed by atoms with Crippen LogP contribution in [0.2, 0.25) is 0 Å². The molecule has 0 spiro atoms. The molecule has 0 saturated heterocycles. The number of esters is 1. The summed E-state index contributed by atoms with van der Waals surface area (Å²) in [5.74, 6) is -0.291. The number of benzene rings is 2. The molecule has 0 unspecified atom stereocenters. The van der Waals surface area contributed by atoms with Gasteiger partial charge in [-0.25, -0.2) is 4.79 Å². The van der Waals surface area contributed by atoms with Gasteiger partial charge in [-0.05, 0) is 37.3 Å². The molecule has 134 valence electrons. The van der Waals surface area contributed by atoms with Crippen LogP contribution >= 0.6 is 0 Å². The zero-order chi connectivity index (χ0) is 19.1. The fourth-order valence-corrected chi connectivity index (χ4v) is 2.26. The molecular formula is C19H17NO6. The van der Waals surface area contributed by atoms with Gasteiger partial charge in [-0.3, -0.25) is 14.9 Å². The summed E-state index contributed by atoms with van der Waals surface area (Å²) in [5.41, 5.74) is 1.22. The molecule has 7 heteroatoms. The minimum atomic E-state index is -0.668. The first-order chi connectivity index (χ1) is 12.4. The van der Waals surface area contributed by atoms with E-state index in [0.717, 1.165) is 6.08 Å². The lowest BCUT2D eigenvalue weighted by molar-refractivity contribution is -0.385. The van der Waals surface area contributed by atoms with E-state index in [9.17, 15) is 19.7 Å². The number of nitro benzene ring substituents is 1. The Labute approximate surface area is 150 Å². The van der Waals surface area contributed by atoms with Crippen LogP contribution < -0.4 is 4.74 Å². The van der Waals surface area contributed by atoms with Crippen LogP contribution in [0.1, 0.15) is 28.4 Å². The van der Waals surface area contributed by atoms with Crippen LogP contribution in [0.15, 0.2) is 48.5 Å². The van der Waals surface area contributed by atoms with Crippen molar-refractivity contribution in [1.82, 2.24) is 0 Å². The summed E-state index contributed by atoms with van der Waals surface area (Å²) < 4.78 is 10.3. The fourth-order valence-electron chi connectivity index (χ4n) is 2.26. The summed E-state index contributed by atoms with van der Waals surface area (Å²) in [6.45, 7) is 1.34. The minimum absolute atomic E-state index is 0.0929. The molecule has 0 N–H and O–H groups in total. The zero-order valence-electron chi connectivity index (χ0n) is 14.3. The van der Waals surface area contributed by atoms with E-state index in [-0.39, 0.29) is 18.1 Å². The molecule has 0 bridgehead atoms. The molecule has 0 aliphatic rings. The largest absolute Gasteiger partial charge is 0.496 e. The van der Waals surface area contributed by atoms with Gasteiger partial charge < -0.3 is 9.47 Å². The molecule has 26 heavy (non-hydrogen) atoms. The van der Waals surface area contributed by atoms with Crippen LogP contribution in [0.25, 0.3) is 6.08 Å². The highest BCUT2D eigenvalue weighted by molar-refractivity contribution is 5.94. The second kappa shape index (κ2) is 8.57. The maximum absolute atomic E-state index is 11.9. The summed E-state index contributed by atoms with van der Waals surface area (Å²) in [6, 6.07) is 10.9. The number of ketones is 1. The van der Waals surface area contributed by atoms with E-state index in [4.69, 9.17) is 9.47 Å². The van der Waals surface area contributed by atoms with Gasteiger partial charge in [-0.2, -0.15) is 0 Å². The van der Waals surface area contributed by atoms with E-state index in [0.29, 0.717) is 22.4 Å². The van der Waals surface area contributed by atoms with Crippen molar-refractivity contribution in [3.63, 3.8) is 0 Å². The Morgan fingerprint density at radius 2 is 1.92 bits per heavy atom. The number of carbonyl (C=O) groups excluding carboxylic acids is 2. The third kappa shape index (κ3) is 4.76. The molecule has 0 aliphatic heterocycles. The molecule has 0 fully saturated rings. The first-order valence-electron chi connectivity index (χ1n) is 7.68. The second-order valence-corrected chi connectivity index (χ2v) is 5.34. The number of Topliss-reactive ketones (excluding diaryl/α,β-unsaturated/α-hetero) is 1. The number of carbonyl (C=O) groups is 2. The van der Waals surface area contributed by atoms with Crippen molar-refractivity contribution >= 4 is 23.5 Å². The summed E-state index contributed by atoms with van der Waals surface area (Å²) in [5, 5.41) is 10.9. The third-order valence-electron chi connectivity index (χ3n) is 3.59. The van der Waals surface area contributed by atoms with E-state index in [1.54, 1.807) is 30.3 Å². The quantitative estimate of drug-likeness (QED) is 0.248. The van der Waals surface area contributed by atoms with Crippen LogP contribution in [0.5, 0.6) is 5.75 Å². The van der Waals surface area contributed by atoms with Gasteiger partial charge in [0.05, 0.1) is 17.6 Å². The van der Waals surface area contributed by atoms with E-state index < -0.39 is 10.9 Å². The molecule has 2 rings (SSSR count).